The molecule has 1 atom stereocenters. The number of benzene rings is 1. The van der Waals surface area contributed by atoms with Crippen LogP contribution in [0.1, 0.15) is 44.7 Å². The van der Waals surface area contributed by atoms with E-state index in [-0.39, 0.29) is 5.54 Å². The number of likely N-dealkylation sites (N-methyl/N-ethyl adjacent to an activating group) is 1. The predicted molar refractivity (Wildman–Crippen MR) is 110 cm³/mol. The molecule has 2 aromatic rings. The van der Waals surface area contributed by atoms with Crippen molar-refractivity contribution in [3.63, 3.8) is 0 Å². The zero-order valence-corrected chi connectivity index (χ0v) is 17.5. The first-order valence-corrected chi connectivity index (χ1v) is 10.5. The van der Waals surface area contributed by atoms with E-state index in [1.54, 1.807) is 11.9 Å². The van der Waals surface area contributed by atoms with Crippen LogP contribution in [-0.4, -0.2) is 35.1 Å². The van der Waals surface area contributed by atoms with E-state index in [0.29, 0.717) is 6.04 Å². The number of hydrogen-bond acceptors (Lipinski definition) is 3. The Morgan fingerprint density at radius 1 is 1.38 bits per heavy atom. The minimum Gasteiger partial charge on any atom is -0.360 e. The molecule has 24 heavy (non-hydrogen) atoms. The number of likely N-dealkylation sites (tertiary alicyclic amines) is 1. The average Bonchev–Trinajstić information content (AvgIpc) is 3.06. The van der Waals surface area contributed by atoms with E-state index < -0.39 is 0 Å². The van der Waals surface area contributed by atoms with Gasteiger partial charge in [0, 0.05) is 33.4 Å². The number of hydrogen-bond donors (Lipinski definition) is 2. The Labute approximate surface area is 158 Å². The minimum atomic E-state index is 0.137. The molecule has 3 rings (SSSR count). The van der Waals surface area contributed by atoms with E-state index in [1.165, 1.54) is 41.4 Å². The molecule has 1 aromatic carbocycles. The third-order valence-electron chi connectivity index (χ3n) is 4.63. The smallest absolute Gasteiger partial charge is 0.0601 e. The van der Waals surface area contributed by atoms with Crippen molar-refractivity contribution < 1.29 is 0 Å². The van der Waals surface area contributed by atoms with Crippen LogP contribution in [0.2, 0.25) is 0 Å². The van der Waals surface area contributed by atoms with Crippen molar-refractivity contribution in [1.29, 1.82) is 0 Å². The maximum absolute atomic E-state index is 3.75. The number of nitrogens with one attached hydrogen (secondary N) is 2. The summed E-state index contributed by atoms with van der Waals surface area (Å²) in [6, 6.07) is 5.28. The summed E-state index contributed by atoms with van der Waals surface area (Å²) in [4.78, 5) is 5.97. The quantitative estimate of drug-likeness (QED) is 0.673. The van der Waals surface area contributed by atoms with Crippen molar-refractivity contribution in [1.82, 2.24) is 14.6 Å². The van der Waals surface area contributed by atoms with E-state index in [2.05, 4.69) is 76.7 Å². The molecule has 5 heteroatoms. The van der Waals surface area contributed by atoms with Crippen LogP contribution < -0.4 is 4.72 Å². The van der Waals surface area contributed by atoms with Crippen LogP contribution in [0.15, 0.2) is 22.8 Å². The lowest BCUT2D eigenvalue weighted by Crippen LogP contribution is -2.29. The third-order valence-corrected chi connectivity index (χ3v) is 6.49. The van der Waals surface area contributed by atoms with Gasteiger partial charge in [0.25, 0.3) is 0 Å². The molecule has 0 bridgehead atoms. The molecule has 0 aliphatic carbocycles. The van der Waals surface area contributed by atoms with Gasteiger partial charge >= 0.3 is 0 Å². The lowest BCUT2D eigenvalue weighted by Gasteiger charge is -2.20. The summed E-state index contributed by atoms with van der Waals surface area (Å²) in [7, 11) is 2.25. The predicted octanol–water partition coefficient (Wildman–Crippen LogP) is 5.10. The molecule has 1 aliphatic rings. The fraction of sp³-hybridized carbons (Fsp3) is 0.579. The number of halogens is 1. The highest BCUT2D eigenvalue weighted by Crippen LogP contribution is 2.31. The Balaban J connectivity index is 1.79. The van der Waals surface area contributed by atoms with E-state index >= 15 is 0 Å². The first-order chi connectivity index (χ1) is 11.3. The molecule has 2 heterocycles. The average molecular weight is 410 g/mol. The monoisotopic (exact) mass is 409 g/mol. The maximum Gasteiger partial charge on any atom is 0.0601 e. The summed E-state index contributed by atoms with van der Waals surface area (Å²) in [5, 5.41) is 1.37. The van der Waals surface area contributed by atoms with Crippen LogP contribution in [-0.2, 0) is 12.2 Å². The topological polar surface area (TPSA) is 31.1 Å². The Morgan fingerprint density at radius 2 is 2.17 bits per heavy atom. The fourth-order valence-corrected chi connectivity index (χ4v) is 4.84. The summed E-state index contributed by atoms with van der Waals surface area (Å²) in [5.74, 6) is 0.972. The molecule has 3 nitrogen and oxygen atoms in total. The summed E-state index contributed by atoms with van der Waals surface area (Å²) >= 11 is 5.53. The number of aromatic nitrogens is 1. The normalized spacial score (nSPS) is 19.5. The zero-order valence-electron chi connectivity index (χ0n) is 15.1. The summed E-state index contributed by atoms with van der Waals surface area (Å²) in [6.45, 7) is 7.82. The lowest BCUT2D eigenvalue weighted by molar-refractivity contribution is 0.310. The van der Waals surface area contributed by atoms with Gasteiger partial charge in [-0.3, -0.25) is 4.72 Å². The molecule has 0 amide bonds. The molecular weight excluding hydrogens is 382 g/mol. The molecule has 1 fully saturated rings. The highest BCUT2D eigenvalue weighted by atomic mass is 79.9. The lowest BCUT2D eigenvalue weighted by atomic mass is 10.0. The van der Waals surface area contributed by atoms with Crippen molar-refractivity contribution in [2.45, 2.75) is 57.4 Å². The molecule has 2 N–H and O–H groups in total. The van der Waals surface area contributed by atoms with E-state index in [1.807, 2.05) is 0 Å². The van der Waals surface area contributed by atoms with Crippen LogP contribution >= 0.6 is 27.9 Å². The molecule has 0 spiro atoms. The first-order valence-electron chi connectivity index (χ1n) is 8.71. The Bertz CT molecular complexity index is 704. The summed E-state index contributed by atoms with van der Waals surface area (Å²) in [6.07, 6.45) is 5.98. The second kappa shape index (κ2) is 7.40. The van der Waals surface area contributed by atoms with Gasteiger partial charge in [-0.15, -0.1) is 0 Å². The largest absolute Gasteiger partial charge is 0.360 e. The SMILES string of the molecule is CN1CCC[C@@H]1Cc1c[nH]c2c(Br)cc(CSNC(C)(C)C)cc12. The van der Waals surface area contributed by atoms with Gasteiger partial charge in [0.15, 0.2) is 0 Å². The van der Waals surface area contributed by atoms with E-state index in [0.717, 1.165) is 16.6 Å². The van der Waals surface area contributed by atoms with Gasteiger partial charge in [-0.2, -0.15) is 0 Å². The van der Waals surface area contributed by atoms with Crippen molar-refractivity contribution >= 4 is 38.8 Å². The second-order valence-electron chi connectivity index (χ2n) is 7.94. The van der Waals surface area contributed by atoms with E-state index in [9.17, 15) is 0 Å². The van der Waals surface area contributed by atoms with Gasteiger partial charge in [-0.05, 0) is 92.8 Å². The van der Waals surface area contributed by atoms with E-state index in [4.69, 9.17) is 0 Å². The molecule has 1 saturated heterocycles. The standard InChI is InChI=1S/C19H28BrN3S/c1-19(2,3)22-24-12-13-8-16-14(10-15-6-5-7-23(15)4)11-21-18(16)17(20)9-13/h8-9,11,15,21-22H,5-7,10,12H2,1-4H3/t15-/m1/s1. The number of aromatic amines is 1. The molecular formula is C19H28BrN3S. The van der Waals surface area contributed by atoms with Crippen LogP contribution in [0.25, 0.3) is 10.9 Å². The van der Waals surface area contributed by atoms with Gasteiger partial charge in [-0.1, -0.05) is 11.9 Å². The van der Waals surface area contributed by atoms with Gasteiger partial charge < -0.3 is 9.88 Å². The highest BCUT2D eigenvalue weighted by Gasteiger charge is 2.22. The molecule has 0 radical (unpaired) electrons. The van der Waals surface area contributed by atoms with Crippen molar-refractivity contribution in [3.05, 3.63) is 33.9 Å². The minimum absolute atomic E-state index is 0.137. The van der Waals surface area contributed by atoms with Gasteiger partial charge in [-0.25, -0.2) is 0 Å². The van der Waals surface area contributed by atoms with Crippen LogP contribution in [0, 0.1) is 0 Å². The molecule has 1 aromatic heterocycles. The molecule has 1 aliphatic heterocycles. The summed E-state index contributed by atoms with van der Waals surface area (Å²) in [5.41, 5.74) is 4.16. The number of H-pyrrole nitrogens is 1. The van der Waals surface area contributed by atoms with Crippen LogP contribution in [0.3, 0.4) is 0 Å². The van der Waals surface area contributed by atoms with Crippen molar-refractivity contribution in [3.8, 4) is 0 Å². The first kappa shape index (κ1) is 18.3. The number of nitrogens with zero attached hydrogens (tertiary/aromatic N) is 1. The summed E-state index contributed by atoms with van der Waals surface area (Å²) < 4.78 is 4.66. The number of fused-ring (bicyclic) bond motifs is 1. The van der Waals surface area contributed by atoms with Crippen LogP contribution in [0.5, 0.6) is 0 Å². The van der Waals surface area contributed by atoms with Gasteiger partial charge in [0.05, 0.1) is 5.52 Å². The third kappa shape index (κ3) is 4.37. The van der Waals surface area contributed by atoms with Crippen LogP contribution in [0.4, 0.5) is 0 Å². The van der Waals surface area contributed by atoms with Gasteiger partial charge in [0.1, 0.15) is 0 Å². The van der Waals surface area contributed by atoms with Crippen molar-refractivity contribution in [2.75, 3.05) is 13.6 Å². The Morgan fingerprint density at radius 3 is 2.83 bits per heavy atom. The highest BCUT2D eigenvalue weighted by molar-refractivity contribution is 9.10. The maximum atomic E-state index is 3.75. The zero-order chi connectivity index (χ0) is 17.3. The fourth-order valence-electron chi connectivity index (χ4n) is 3.38. The Hall–Kier alpha value is -0.490. The molecule has 132 valence electrons. The van der Waals surface area contributed by atoms with Crippen molar-refractivity contribution in [2.24, 2.45) is 0 Å². The molecule has 0 saturated carbocycles. The molecule has 0 unspecified atom stereocenters. The second-order valence-corrected chi connectivity index (χ2v) is 9.57. The Kier molecular flexibility index (Phi) is 5.65. The van der Waals surface area contributed by atoms with Gasteiger partial charge in [0.2, 0.25) is 0 Å². The number of rotatable bonds is 5.